The fourth-order valence-corrected chi connectivity index (χ4v) is 3.41. The molecule has 0 aliphatic carbocycles. The van der Waals surface area contributed by atoms with Crippen molar-refractivity contribution in [2.75, 3.05) is 19.7 Å². The minimum Gasteiger partial charge on any atom is -0.493 e. The summed E-state index contributed by atoms with van der Waals surface area (Å²) in [6, 6.07) is 1.62. The molecule has 146 valence electrons. The first-order chi connectivity index (χ1) is 13.0. The Hall–Kier alpha value is -2.64. The van der Waals surface area contributed by atoms with E-state index in [-0.39, 0.29) is 23.5 Å². The van der Waals surface area contributed by atoms with Crippen LogP contribution in [0.1, 0.15) is 39.0 Å². The number of aromatic nitrogens is 3. The van der Waals surface area contributed by atoms with Gasteiger partial charge in [0.25, 0.3) is 5.56 Å². The van der Waals surface area contributed by atoms with Crippen molar-refractivity contribution >= 4 is 16.9 Å². The second-order valence-electron chi connectivity index (χ2n) is 6.88. The van der Waals surface area contributed by atoms with Crippen LogP contribution >= 0.6 is 0 Å². The fraction of sp³-hybridized carbons (Fsp3) is 0.579. The van der Waals surface area contributed by atoms with Crippen molar-refractivity contribution < 1.29 is 9.53 Å². The number of aryl methyl sites for hydroxylation is 1. The van der Waals surface area contributed by atoms with Crippen LogP contribution in [0.3, 0.4) is 0 Å². The smallest absolute Gasteiger partial charge is 0.332 e. The Balaban J connectivity index is 2.03. The van der Waals surface area contributed by atoms with Crippen molar-refractivity contribution in [1.29, 1.82) is 0 Å². The number of pyridine rings is 1. The maximum absolute atomic E-state index is 13.0. The third kappa shape index (κ3) is 3.89. The number of carbonyl (C=O) groups is 1. The summed E-state index contributed by atoms with van der Waals surface area (Å²) in [6.45, 7) is 3.51. The van der Waals surface area contributed by atoms with E-state index in [1.54, 1.807) is 18.0 Å². The molecule has 1 fully saturated rings. The van der Waals surface area contributed by atoms with Gasteiger partial charge in [0.1, 0.15) is 17.7 Å². The SMILES string of the molecule is CCCOc1ccnc2c1c(=O)n(CC(=O)N1CCCCCC1)c(=O)n2C. The molecule has 1 saturated heterocycles. The molecule has 8 nitrogen and oxygen atoms in total. The number of fused-ring (bicyclic) bond motifs is 1. The molecule has 1 aliphatic heterocycles. The normalized spacial score (nSPS) is 15.0. The summed E-state index contributed by atoms with van der Waals surface area (Å²) in [6.07, 6.45) is 6.41. The number of likely N-dealkylation sites (tertiary alicyclic amines) is 1. The predicted molar refractivity (Wildman–Crippen MR) is 102 cm³/mol. The van der Waals surface area contributed by atoms with Crippen LogP contribution in [0.2, 0.25) is 0 Å². The van der Waals surface area contributed by atoms with E-state index in [1.807, 2.05) is 6.92 Å². The van der Waals surface area contributed by atoms with Crippen LogP contribution < -0.4 is 16.0 Å². The monoisotopic (exact) mass is 374 g/mol. The molecule has 0 spiro atoms. The van der Waals surface area contributed by atoms with Gasteiger partial charge in [0.15, 0.2) is 5.65 Å². The molecule has 0 atom stereocenters. The molecule has 0 radical (unpaired) electrons. The van der Waals surface area contributed by atoms with Crippen molar-refractivity contribution in [1.82, 2.24) is 19.0 Å². The van der Waals surface area contributed by atoms with Crippen LogP contribution in [0, 0.1) is 0 Å². The van der Waals surface area contributed by atoms with E-state index < -0.39 is 11.2 Å². The number of rotatable bonds is 5. The number of ether oxygens (including phenoxy) is 1. The summed E-state index contributed by atoms with van der Waals surface area (Å²) in [5.74, 6) is 0.189. The summed E-state index contributed by atoms with van der Waals surface area (Å²) in [5.41, 5.74) is -0.816. The van der Waals surface area contributed by atoms with E-state index in [9.17, 15) is 14.4 Å². The number of nitrogens with zero attached hydrogens (tertiary/aromatic N) is 4. The van der Waals surface area contributed by atoms with E-state index >= 15 is 0 Å². The zero-order valence-corrected chi connectivity index (χ0v) is 15.9. The van der Waals surface area contributed by atoms with Crippen molar-refractivity contribution in [3.05, 3.63) is 33.1 Å². The topological polar surface area (TPSA) is 86.4 Å². The van der Waals surface area contributed by atoms with Crippen molar-refractivity contribution in [2.24, 2.45) is 7.05 Å². The van der Waals surface area contributed by atoms with Crippen molar-refractivity contribution in [2.45, 2.75) is 45.6 Å². The molecule has 0 N–H and O–H groups in total. The van der Waals surface area contributed by atoms with E-state index in [1.165, 1.54) is 10.8 Å². The van der Waals surface area contributed by atoms with Gasteiger partial charge < -0.3 is 9.64 Å². The van der Waals surface area contributed by atoms with Crippen LogP contribution in [0.15, 0.2) is 21.9 Å². The third-order valence-electron chi connectivity index (χ3n) is 4.90. The molecule has 2 aromatic rings. The van der Waals surface area contributed by atoms with Gasteiger partial charge in [0, 0.05) is 26.3 Å². The Morgan fingerprint density at radius 3 is 2.56 bits per heavy atom. The van der Waals surface area contributed by atoms with Gasteiger partial charge in [-0.25, -0.2) is 14.3 Å². The molecule has 3 heterocycles. The molecule has 0 bridgehead atoms. The molecular weight excluding hydrogens is 348 g/mol. The zero-order chi connectivity index (χ0) is 19.4. The fourth-order valence-electron chi connectivity index (χ4n) is 3.41. The van der Waals surface area contributed by atoms with Crippen molar-refractivity contribution in [3.63, 3.8) is 0 Å². The van der Waals surface area contributed by atoms with Gasteiger partial charge in [0.2, 0.25) is 5.91 Å². The van der Waals surface area contributed by atoms with Gasteiger partial charge >= 0.3 is 5.69 Å². The minimum atomic E-state index is -0.546. The van der Waals surface area contributed by atoms with Gasteiger partial charge in [0.05, 0.1) is 6.61 Å². The minimum absolute atomic E-state index is 0.199. The molecular formula is C19H26N4O4. The van der Waals surface area contributed by atoms with Crippen LogP contribution in [-0.2, 0) is 18.4 Å². The highest BCUT2D eigenvalue weighted by Crippen LogP contribution is 2.19. The lowest BCUT2D eigenvalue weighted by Crippen LogP contribution is -2.44. The second-order valence-corrected chi connectivity index (χ2v) is 6.88. The van der Waals surface area contributed by atoms with E-state index in [0.717, 1.165) is 36.7 Å². The molecule has 27 heavy (non-hydrogen) atoms. The van der Waals surface area contributed by atoms with Crippen molar-refractivity contribution in [3.8, 4) is 5.75 Å². The Morgan fingerprint density at radius 2 is 1.89 bits per heavy atom. The standard InChI is InChI=1S/C19H26N4O4/c1-3-12-27-14-8-9-20-17-16(14)18(25)23(19(26)21(17)2)13-15(24)22-10-6-4-5-7-11-22/h8-9H,3-7,10-13H2,1-2H3. The highest BCUT2D eigenvalue weighted by atomic mass is 16.5. The van der Waals surface area contributed by atoms with Crippen LogP contribution in [0.5, 0.6) is 5.75 Å². The van der Waals surface area contributed by atoms with Gasteiger partial charge in [-0.15, -0.1) is 0 Å². The zero-order valence-electron chi connectivity index (χ0n) is 15.9. The molecule has 8 heteroatoms. The highest BCUT2D eigenvalue weighted by molar-refractivity contribution is 5.82. The Morgan fingerprint density at radius 1 is 1.19 bits per heavy atom. The maximum Gasteiger partial charge on any atom is 0.332 e. The molecule has 2 aromatic heterocycles. The largest absolute Gasteiger partial charge is 0.493 e. The van der Waals surface area contributed by atoms with Crippen LogP contribution in [-0.4, -0.2) is 44.6 Å². The lowest BCUT2D eigenvalue weighted by Gasteiger charge is -2.21. The second kappa shape index (κ2) is 8.37. The Bertz CT molecular complexity index is 939. The highest BCUT2D eigenvalue weighted by Gasteiger charge is 2.21. The third-order valence-corrected chi connectivity index (χ3v) is 4.90. The predicted octanol–water partition coefficient (Wildman–Crippen LogP) is 1.29. The first-order valence-corrected chi connectivity index (χ1v) is 9.53. The lowest BCUT2D eigenvalue weighted by atomic mass is 10.2. The Labute approximate surface area is 157 Å². The number of hydrogen-bond donors (Lipinski definition) is 0. The van der Waals surface area contributed by atoms with E-state index in [0.29, 0.717) is 25.4 Å². The van der Waals surface area contributed by atoms with E-state index in [2.05, 4.69) is 4.98 Å². The summed E-state index contributed by atoms with van der Waals surface area (Å²) >= 11 is 0. The molecule has 1 amide bonds. The summed E-state index contributed by atoms with van der Waals surface area (Å²) in [5, 5.41) is 0.233. The molecule has 3 rings (SSSR count). The van der Waals surface area contributed by atoms with Gasteiger partial charge in [-0.05, 0) is 25.3 Å². The molecule has 0 unspecified atom stereocenters. The lowest BCUT2D eigenvalue weighted by molar-refractivity contribution is -0.131. The number of hydrogen-bond acceptors (Lipinski definition) is 5. The molecule has 1 aliphatic rings. The van der Waals surface area contributed by atoms with Gasteiger partial charge in [-0.1, -0.05) is 19.8 Å². The first-order valence-electron chi connectivity index (χ1n) is 9.53. The van der Waals surface area contributed by atoms with Crippen LogP contribution in [0.25, 0.3) is 11.0 Å². The number of amides is 1. The summed E-state index contributed by atoms with van der Waals surface area (Å²) < 4.78 is 7.97. The maximum atomic E-state index is 13.0. The first kappa shape index (κ1) is 19.1. The average molecular weight is 374 g/mol. The summed E-state index contributed by atoms with van der Waals surface area (Å²) in [7, 11) is 1.55. The molecule has 0 saturated carbocycles. The van der Waals surface area contributed by atoms with Gasteiger partial charge in [-0.3, -0.25) is 14.2 Å². The van der Waals surface area contributed by atoms with Crippen LogP contribution in [0.4, 0.5) is 0 Å². The average Bonchev–Trinajstić information content (AvgIpc) is 2.97. The van der Waals surface area contributed by atoms with E-state index in [4.69, 9.17) is 4.74 Å². The quantitative estimate of drug-likeness (QED) is 0.787. The Kier molecular flexibility index (Phi) is 5.93. The van der Waals surface area contributed by atoms with Gasteiger partial charge in [-0.2, -0.15) is 0 Å². The molecule has 0 aromatic carbocycles. The number of carbonyl (C=O) groups excluding carboxylic acids is 1. The summed E-state index contributed by atoms with van der Waals surface area (Å²) in [4.78, 5) is 44.3.